The highest BCUT2D eigenvalue weighted by atomic mass is 35.7. The molecule has 0 atom stereocenters. The molecular formula is C9H13ClN2O4S. The van der Waals surface area contributed by atoms with Crippen LogP contribution in [0.3, 0.4) is 0 Å². The van der Waals surface area contributed by atoms with Gasteiger partial charge in [0.2, 0.25) is 0 Å². The van der Waals surface area contributed by atoms with Crippen LogP contribution in [-0.2, 0) is 13.8 Å². The quantitative estimate of drug-likeness (QED) is 0.503. The number of esters is 1. The van der Waals surface area contributed by atoms with Crippen LogP contribution in [0, 0.1) is 6.92 Å². The number of hydrogen-bond acceptors (Lipinski definition) is 5. The van der Waals surface area contributed by atoms with Gasteiger partial charge in [0.1, 0.15) is 4.90 Å². The number of rotatable bonds is 5. The molecule has 0 unspecified atom stereocenters. The minimum atomic E-state index is -4.02. The zero-order valence-electron chi connectivity index (χ0n) is 9.49. The van der Waals surface area contributed by atoms with Gasteiger partial charge in [0.15, 0.2) is 5.69 Å². The Bertz CT molecular complexity index is 509. The number of nitrogens with zero attached hydrogens (tertiary/aromatic N) is 1. The van der Waals surface area contributed by atoms with Gasteiger partial charge in [0.05, 0.1) is 12.3 Å². The topological polar surface area (TPSA) is 89.1 Å². The van der Waals surface area contributed by atoms with Crippen molar-refractivity contribution in [3.05, 3.63) is 11.4 Å². The van der Waals surface area contributed by atoms with Crippen LogP contribution in [0.2, 0.25) is 0 Å². The summed E-state index contributed by atoms with van der Waals surface area (Å²) >= 11 is 0. The van der Waals surface area contributed by atoms with Crippen LogP contribution >= 0.6 is 10.7 Å². The molecule has 17 heavy (non-hydrogen) atoms. The van der Waals surface area contributed by atoms with Gasteiger partial charge in [0, 0.05) is 10.7 Å². The highest BCUT2D eigenvalue weighted by Crippen LogP contribution is 2.22. The molecule has 0 amide bonds. The minimum absolute atomic E-state index is 0.211. The number of carbonyl (C=O) groups is 1. The standard InChI is InChI=1S/C9H13ClN2O4S/c1-3-4-5-16-9(13)7-8(17(10,14)15)6(2)11-12-7/h3-5H2,1-2H3,(H,11,12). The molecule has 0 aromatic carbocycles. The molecule has 1 aromatic heterocycles. The van der Waals surface area contributed by atoms with Crippen LogP contribution in [0.1, 0.15) is 35.9 Å². The lowest BCUT2D eigenvalue weighted by Gasteiger charge is -2.02. The van der Waals surface area contributed by atoms with Gasteiger partial charge in [-0.3, -0.25) is 5.10 Å². The monoisotopic (exact) mass is 280 g/mol. The number of nitrogens with one attached hydrogen (secondary N) is 1. The largest absolute Gasteiger partial charge is 0.461 e. The van der Waals surface area contributed by atoms with Crippen LogP contribution in [0.5, 0.6) is 0 Å². The van der Waals surface area contributed by atoms with E-state index in [1.165, 1.54) is 6.92 Å². The number of aromatic nitrogens is 2. The van der Waals surface area contributed by atoms with Crippen LogP contribution in [-0.4, -0.2) is 31.2 Å². The second kappa shape index (κ2) is 5.50. The number of H-pyrrole nitrogens is 1. The number of ether oxygens (including phenoxy) is 1. The fourth-order valence-corrected chi connectivity index (χ4v) is 2.57. The lowest BCUT2D eigenvalue weighted by molar-refractivity contribution is 0.0488. The van der Waals surface area contributed by atoms with Gasteiger partial charge in [0.25, 0.3) is 9.05 Å². The summed E-state index contributed by atoms with van der Waals surface area (Å²) in [6.07, 6.45) is 1.58. The van der Waals surface area contributed by atoms with E-state index < -0.39 is 15.0 Å². The highest BCUT2D eigenvalue weighted by molar-refractivity contribution is 8.13. The van der Waals surface area contributed by atoms with Crippen LogP contribution in [0.25, 0.3) is 0 Å². The summed E-state index contributed by atoms with van der Waals surface area (Å²) in [5.74, 6) is -0.790. The maximum absolute atomic E-state index is 11.6. The highest BCUT2D eigenvalue weighted by Gasteiger charge is 2.27. The Hall–Kier alpha value is -1.08. The van der Waals surface area contributed by atoms with E-state index in [-0.39, 0.29) is 22.9 Å². The van der Waals surface area contributed by atoms with Gasteiger partial charge in [-0.1, -0.05) is 13.3 Å². The number of unbranched alkanes of at least 4 members (excludes halogenated alkanes) is 1. The Morgan fingerprint density at radius 2 is 2.18 bits per heavy atom. The zero-order valence-corrected chi connectivity index (χ0v) is 11.1. The third-order valence-corrected chi connectivity index (χ3v) is 3.51. The summed E-state index contributed by atoms with van der Waals surface area (Å²) in [5.41, 5.74) is -0.0870. The van der Waals surface area contributed by atoms with Gasteiger partial charge in [-0.25, -0.2) is 13.2 Å². The first kappa shape index (κ1) is 14.0. The second-order valence-corrected chi connectivity index (χ2v) is 5.96. The molecule has 1 aromatic rings. The number of aromatic amines is 1. The maximum atomic E-state index is 11.6. The number of aryl methyl sites for hydroxylation is 1. The first-order valence-electron chi connectivity index (χ1n) is 5.04. The van der Waals surface area contributed by atoms with E-state index in [9.17, 15) is 13.2 Å². The first-order valence-corrected chi connectivity index (χ1v) is 7.35. The predicted octanol–water partition coefficient (Wildman–Crippen LogP) is 1.60. The molecule has 0 radical (unpaired) electrons. The Labute approximate surface area is 104 Å². The molecular weight excluding hydrogens is 268 g/mol. The Morgan fingerprint density at radius 1 is 1.53 bits per heavy atom. The molecule has 1 N–H and O–H groups in total. The summed E-state index contributed by atoms with van der Waals surface area (Å²) in [7, 11) is 1.20. The maximum Gasteiger partial charge on any atom is 0.360 e. The molecule has 0 saturated carbocycles. The van der Waals surface area contributed by atoms with E-state index in [0.717, 1.165) is 6.42 Å². The second-order valence-electron chi connectivity index (χ2n) is 3.45. The fourth-order valence-electron chi connectivity index (χ4n) is 1.23. The van der Waals surface area contributed by atoms with Crippen molar-refractivity contribution >= 4 is 25.7 Å². The predicted molar refractivity (Wildman–Crippen MR) is 61.6 cm³/mol. The number of halogens is 1. The normalized spacial score (nSPS) is 11.5. The van der Waals surface area contributed by atoms with Crippen molar-refractivity contribution < 1.29 is 17.9 Å². The average molecular weight is 281 g/mol. The number of hydrogen-bond donors (Lipinski definition) is 1. The molecule has 0 fully saturated rings. The van der Waals surface area contributed by atoms with Gasteiger partial charge in [-0.15, -0.1) is 0 Å². The van der Waals surface area contributed by atoms with Gasteiger partial charge in [-0.05, 0) is 13.3 Å². The van der Waals surface area contributed by atoms with Crippen molar-refractivity contribution in [2.75, 3.05) is 6.61 Å². The lowest BCUT2D eigenvalue weighted by atomic mass is 10.3. The Balaban J connectivity index is 2.96. The fraction of sp³-hybridized carbons (Fsp3) is 0.556. The van der Waals surface area contributed by atoms with E-state index in [4.69, 9.17) is 15.4 Å². The summed E-state index contributed by atoms with van der Waals surface area (Å²) in [5, 5.41) is 6.00. The minimum Gasteiger partial charge on any atom is -0.461 e. The number of carbonyl (C=O) groups excluding carboxylic acids is 1. The molecule has 0 aliphatic carbocycles. The van der Waals surface area contributed by atoms with Crippen molar-refractivity contribution in [1.29, 1.82) is 0 Å². The molecule has 8 heteroatoms. The average Bonchev–Trinajstić information content (AvgIpc) is 2.60. The molecule has 6 nitrogen and oxygen atoms in total. The van der Waals surface area contributed by atoms with Crippen LogP contribution in [0.4, 0.5) is 0 Å². The van der Waals surface area contributed by atoms with E-state index in [1.54, 1.807) is 0 Å². The van der Waals surface area contributed by atoms with Crippen LogP contribution < -0.4 is 0 Å². The Kier molecular flexibility index (Phi) is 4.53. The summed E-state index contributed by atoms with van der Waals surface area (Å²) in [6.45, 7) is 3.63. The molecule has 0 aliphatic heterocycles. The molecule has 1 rings (SSSR count). The van der Waals surface area contributed by atoms with Crippen molar-refractivity contribution in [2.45, 2.75) is 31.6 Å². The molecule has 96 valence electrons. The summed E-state index contributed by atoms with van der Waals surface area (Å²) in [4.78, 5) is 11.3. The van der Waals surface area contributed by atoms with E-state index in [2.05, 4.69) is 10.2 Å². The van der Waals surface area contributed by atoms with E-state index in [0.29, 0.717) is 6.42 Å². The lowest BCUT2D eigenvalue weighted by Crippen LogP contribution is -2.10. The van der Waals surface area contributed by atoms with Crippen LogP contribution in [0.15, 0.2) is 4.90 Å². The zero-order chi connectivity index (χ0) is 13.1. The summed E-state index contributed by atoms with van der Waals surface area (Å²) < 4.78 is 27.4. The van der Waals surface area contributed by atoms with E-state index in [1.807, 2.05) is 6.92 Å². The third kappa shape index (κ3) is 3.44. The smallest absolute Gasteiger partial charge is 0.360 e. The molecule has 0 spiro atoms. The molecule has 0 saturated heterocycles. The first-order chi connectivity index (χ1) is 7.88. The van der Waals surface area contributed by atoms with Gasteiger partial charge >= 0.3 is 5.97 Å². The van der Waals surface area contributed by atoms with Crippen molar-refractivity contribution in [1.82, 2.24) is 10.2 Å². The third-order valence-electron chi connectivity index (χ3n) is 2.06. The van der Waals surface area contributed by atoms with Crippen molar-refractivity contribution in [2.24, 2.45) is 0 Å². The summed E-state index contributed by atoms with van der Waals surface area (Å²) in [6, 6.07) is 0. The molecule has 0 aliphatic rings. The van der Waals surface area contributed by atoms with Crippen molar-refractivity contribution in [3.63, 3.8) is 0 Å². The Morgan fingerprint density at radius 3 is 2.71 bits per heavy atom. The van der Waals surface area contributed by atoms with Gasteiger partial charge < -0.3 is 4.74 Å². The van der Waals surface area contributed by atoms with Gasteiger partial charge in [-0.2, -0.15) is 5.10 Å². The molecule has 1 heterocycles. The van der Waals surface area contributed by atoms with E-state index >= 15 is 0 Å². The molecule has 0 bridgehead atoms. The van der Waals surface area contributed by atoms with Crippen molar-refractivity contribution in [3.8, 4) is 0 Å². The SMILES string of the molecule is CCCCOC(=O)c1n[nH]c(C)c1S(=O)(=O)Cl.